The second-order valence-corrected chi connectivity index (χ2v) is 3.96. The summed E-state index contributed by atoms with van der Waals surface area (Å²) < 4.78 is 0. The Labute approximate surface area is 82.1 Å². The van der Waals surface area contributed by atoms with Gasteiger partial charge in [0.1, 0.15) is 0 Å². The number of likely N-dealkylation sites (N-methyl/N-ethyl adjacent to an activating group) is 1. The van der Waals surface area contributed by atoms with Crippen LogP contribution in [0.2, 0.25) is 0 Å². The van der Waals surface area contributed by atoms with Crippen molar-refractivity contribution < 1.29 is 0 Å². The van der Waals surface area contributed by atoms with Gasteiger partial charge in [-0.2, -0.15) is 0 Å². The molecule has 0 aliphatic carbocycles. The van der Waals surface area contributed by atoms with Gasteiger partial charge in [0.2, 0.25) is 0 Å². The third-order valence-electron chi connectivity index (χ3n) is 2.71. The molecular formula is C10H23N3. The third-order valence-corrected chi connectivity index (χ3v) is 2.71. The van der Waals surface area contributed by atoms with Gasteiger partial charge in [-0.15, -0.1) is 0 Å². The highest BCUT2D eigenvalue weighted by Gasteiger charge is 2.10. The molecule has 13 heavy (non-hydrogen) atoms. The highest BCUT2D eigenvalue weighted by Crippen LogP contribution is 2.01. The van der Waals surface area contributed by atoms with Crippen LogP contribution in [0.4, 0.5) is 0 Å². The lowest BCUT2D eigenvalue weighted by atomic mass is 10.3. The molecule has 0 saturated carbocycles. The summed E-state index contributed by atoms with van der Waals surface area (Å²) in [5.41, 5.74) is 0. The first-order valence-corrected chi connectivity index (χ1v) is 5.38. The first-order chi connectivity index (χ1) is 6.33. The van der Waals surface area contributed by atoms with Gasteiger partial charge >= 0.3 is 0 Å². The van der Waals surface area contributed by atoms with Crippen molar-refractivity contribution in [2.24, 2.45) is 0 Å². The second-order valence-electron chi connectivity index (χ2n) is 3.96. The molecule has 1 fully saturated rings. The Bertz CT molecular complexity index is 127. The molecule has 0 spiro atoms. The van der Waals surface area contributed by atoms with Crippen molar-refractivity contribution in [2.45, 2.75) is 12.8 Å². The van der Waals surface area contributed by atoms with E-state index < -0.39 is 0 Å². The SMILES string of the molecule is CNCCCN1CCCN(C)CC1. The van der Waals surface area contributed by atoms with Crippen molar-refractivity contribution in [1.29, 1.82) is 0 Å². The van der Waals surface area contributed by atoms with Crippen LogP contribution in [0.15, 0.2) is 0 Å². The van der Waals surface area contributed by atoms with Crippen LogP contribution in [0.25, 0.3) is 0 Å². The lowest BCUT2D eigenvalue weighted by Gasteiger charge is -2.19. The smallest absolute Gasteiger partial charge is 0.0109 e. The summed E-state index contributed by atoms with van der Waals surface area (Å²) in [6.07, 6.45) is 2.61. The first-order valence-electron chi connectivity index (χ1n) is 5.38. The number of nitrogens with zero attached hydrogens (tertiary/aromatic N) is 2. The molecule has 3 nitrogen and oxygen atoms in total. The summed E-state index contributed by atoms with van der Waals surface area (Å²) in [5.74, 6) is 0. The predicted molar refractivity (Wildman–Crippen MR) is 57.1 cm³/mol. The van der Waals surface area contributed by atoms with E-state index in [4.69, 9.17) is 0 Å². The third kappa shape index (κ3) is 4.60. The van der Waals surface area contributed by atoms with Gasteiger partial charge in [0.25, 0.3) is 0 Å². The Morgan fingerprint density at radius 1 is 1.15 bits per heavy atom. The Morgan fingerprint density at radius 2 is 2.00 bits per heavy atom. The number of rotatable bonds is 4. The quantitative estimate of drug-likeness (QED) is 0.633. The maximum Gasteiger partial charge on any atom is 0.0109 e. The van der Waals surface area contributed by atoms with Gasteiger partial charge in [0.05, 0.1) is 0 Å². The zero-order chi connectivity index (χ0) is 9.52. The molecule has 0 bridgehead atoms. The van der Waals surface area contributed by atoms with Crippen LogP contribution in [0, 0.1) is 0 Å². The lowest BCUT2D eigenvalue weighted by Crippen LogP contribution is -2.31. The average Bonchev–Trinajstić information content (AvgIpc) is 2.32. The van der Waals surface area contributed by atoms with Gasteiger partial charge in [-0.25, -0.2) is 0 Å². The zero-order valence-corrected chi connectivity index (χ0v) is 9.05. The Morgan fingerprint density at radius 3 is 2.77 bits per heavy atom. The minimum atomic E-state index is 1.15. The van der Waals surface area contributed by atoms with Crippen molar-refractivity contribution in [3.05, 3.63) is 0 Å². The average molecular weight is 185 g/mol. The molecule has 0 aromatic rings. The highest BCUT2D eigenvalue weighted by molar-refractivity contribution is 4.67. The van der Waals surface area contributed by atoms with Crippen molar-refractivity contribution >= 4 is 0 Å². The molecular weight excluding hydrogens is 162 g/mol. The molecule has 0 aromatic carbocycles. The minimum absolute atomic E-state index is 1.15. The van der Waals surface area contributed by atoms with Crippen molar-refractivity contribution in [3.8, 4) is 0 Å². The fraction of sp³-hybridized carbons (Fsp3) is 1.00. The first kappa shape index (κ1) is 11.0. The largest absolute Gasteiger partial charge is 0.320 e. The van der Waals surface area contributed by atoms with E-state index in [1.54, 1.807) is 0 Å². The van der Waals surface area contributed by atoms with Crippen LogP contribution in [-0.2, 0) is 0 Å². The molecule has 1 N–H and O–H groups in total. The Balaban J connectivity index is 2.11. The maximum absolute atomic E-state index is 3.19. The molecule has 1 heterocycles. The number of hydrogen-bond donors (Lipinski definition) is 1. The Kier molecular flexibility index (Phi) is 5.35. The van der Waals surface area contributed by atoms with Gasteiger partial charge in [-0.1, -0.05) is 0 Å². The molecule has 0 atom stereocenters. The molecule has 0 unspecified atom stereocenters. The van der Waals surface area contributed by atoms with E-state index in [0.29, 0.717) is 0 Å². The summed E-state index contributed by atoms with van der Waals surface area (Å²) >= 11 is 0. The summed E-state index contributed by atoms with van der Waals surface area (Å²) in [6.45, 7) is 7.44. The van der Waals surface area contributed by atoms with E-state index >= 15 is 0 Å². The van der Waals surface area contributed by atoms with E-state index in [0.717, 1.165) is 6.54 Å². The van der Waals surface area contributed by atoms with Crippen LogP contribution < -0.4 is 5.32 Å². The highest BCUT2D eigenvalue weighted by atomic mass is 15.2. The number of hydrogen-bond acceptors (Lipinski definition) is 3. The monoisotopic (exact) mass is 185 g/mol. The van der Waals surface area contributed by atoms with Crippen LogP contribution in [-0.4, -0.2) is 63.2 Å². The molecule has 78 valence electrons. The molecule has 1 saturated heterocycles. The van der Waals surface area contributed by atoms with E-state index in [1.165, 1.54) is 45.6 Å². The van der Waals surface area contributed by atoms with Gasteiger partial charge in [0, 0.05) is 13.1 Å². The second kappa shape index (κ2) is 6.35. The fourth-order valence-electron chi connectivity index (χ4n) is 1.80. The van der Waals surface area contributed by atoms with Crippen LogP contribution in [0.3, 0.4) is 0 Å². The van der Waals surface area contributed by atoms with Gasteiger partial charge in [-0.05, 0) is 53.1 Å². The van der Waals surface area contributed by atoms with Crippen molar-refractivity contribution in [2.75, 3.05) is 53.4 Å². The van der Waals surface area contributed by atoms with Gasteiger partial charge in [0.15, 0.2) is 0 Å². The summed E-state index contributed by atoms with van der Waals surface area (Å²) in [7, 11) is 4.24. The molecule has 0 radical (unpaired) electrons. The fourth-order valence-corrected chi connectivity index (χ4v) is 1.80. The van der Waals surface area contributed by atoms with E-state index in [1.807, 2.05) is 7.05 Å². The predicted octanol–water partition coefficient (Wildman–Crippen LogP) is 0.233. The normalized spacial score (nSPS) is 21.7. The van der Waals surface area contributed by atoms with Gasteiger partial charge in [-0.3, -0.25) is 0 Å². The molecule has 1 aliphatic heterocycles. The van der Waals surface area contributed by atoms with Crippen molar-refractivity contribution in [3.63, 3.8) is 0 Å². The minimum Gasteiger partial charge on any atom is -0.320 e. The van der Waals surface area contributed by atoms with Crippen molar-refractivity contribution in [1.82, 2.24) is 15.1 Å². The standard InChI is InChI=1S/C10H23N3/c1-11-5-3-7-13-8-4-6-12(2)9-10-13/h11H,3-10H2,1-2H3. The van der Waals surface area contributed by atoms with Gasteiger partial charge < -0.3 is 15.1 Å². The molecule has 0 amide bonds. The van der Waals surface area contributed by atoms with Crippen LogP contribution >= 0.6 is 0 Å². The van der Waals surface area contributed by atoms with Crippen LogP contribution in [0.5, 0.6) is 0 Å². The van der Waals surface area contributed by atoms with Crippen LogP contribution in [0.1, 0.15) is 12.8 Å². The molecule has 3 heteroatoms. The summed E-state index contributed by atoms with van der Waals surface area (Å²) in [4.78, 5) is 5.01. The molecule has 1 rings (SSSR count). The molecule has 1 aliphatic rings. The lowest BCUT2D eigenvalue weighted by molar-refractivity contribution is 0.273. The van der Waals surface area contributed by atoms with E-state index in [9.17, 15) is 0 Å². The van der Waals surface area contributed by atoms with E-state index in [2.05, 4.69) is 22.2 Å². The topological polar surface area (TPSA) is 18.5 Å². The number of nitrogens with one attached hydrogen (secondary N) is 1. The molecule has 0 aromatic heterocycles. The zero-order valence-electron chi connectivity index (χ0n) is 9.05. The summed E-state index contributed by atoms with van der Waals surface area (Å²) in [5, 5.41) is 3.19. The maximum atomic E-state index is 3.19. The Hall–Kier alpha value is -0.120. The van der Waals surface area contributed by atoms with E-state index in [-0.39, 0.29) is 0 Å². The summed E-state index contributed by atoms with van der Waals surface area (Å²) in [6, 6.07) is 0.